The molecule has 9 heteroatoms. The van der Waals surface area contributed by atoms with E-state index >= 15 is 0 Å². The van der Waals surface area contributed by atoms with Gasteiger partial charge in [0.15, 0.2) is 5.69 Å². The number of anilines is 1. The van der Waals surface area contributed by atoms with Crippen molar-refractivity contribution in [2.45, 2.75) is 12.6 Å². The zero-order chi connectivity index (χ0) is 14.1. The average Bonchev–Trinajstić information content (AvgIpc) is 2.25. The summed E-state index contributed by atoms with van der Waals surface area (Å²) in [5, 5.41) is 0. The molecule has 4 nitrogen and oxygen atoms in total. The maximum Gasteiger partial charge on any atom is 0.419 e. The summed E-state index contributed by atoms with van der Waals surface area (Å²) in [7, 11) is 0.901. The number of carbonyl (C=O) groups is 1. The van der Waals surface area contributed by atoms with Gasteiger partial charge in [-0.3, -0.25) is 0 Å². The third-order valence-corrected chi connectivity index (χ3v) is 2.04. The van der Waals surface area contributed by atoms with E-state index in [0.717, 1.165) is 7.11 Å². The standard InChI is InChI=1S/C9H7F5N2O2/c1-18-8(17)6-5(15)4(9(12,13)14)3(2-16-6)7(10)11/h2,7H,15H2,1H3. The number of ether oxygens (including phenoxy) is 1. The van der Waals surface area contributed by atoms with Crippen LogP contribution >= 0.6 is 0 Å². The molecule has 0 spiro atoms. The molecule has 0 aliphatic carbocycles. The molecule has 0 unspecified atom stereocenters. The van der Waals surface area contributed by atoms with Crippen molar-refractivity contribution in [3.63, 3.8) is 0 Å². The predicted octanol–water partition coefficient (Wildman–Crippen LogP) is 2.41. The highest BCUT2D eigenvalue weighted by atomic mass is 19.4. The van der Waals surface area contributed by atoms with Gasteiger partial charge >= 0.3 is 12.1 Å². The lowest BCUT2D eigenvalue weighted by molar-refractivity contribution is -0.138. The molecule has 2 N–H and O–H groups in total. The van der Waals surface area contributed by atoms with E-state index in [0.29, 0.717) is 0 Å². The minimum Gasteiger partial charge on any atom is -0.464 e. The van der Waals surface area contributed by atoms with E-state index in [2.05, 4.69) is 9.72 Å². The van der Waals surface area contributed by atoms with Crippen LogP contribution in [-0.2, 0) is 10.9 Å². The Kier molecular flexibility index (Phi) is 3.73. The van der Waals surface area contributed by atoms with E-state index in [1.165, 1.54) is 0 Å². The smallest absolute Gasteiger partial charge is 0.419 e. The van der Waals surface area contributed by atoms with Crippen molar-refractivity contribution in [2.75, 3.05) is 12.8 Å². The highest BCUT2D eigenvalue weighted by Gasteiger charge is 2.40. The number of hydrogen-bond donors (Lipinski definition) is 1. The second-order valence-electron chi connectivity index (χ2n) is 3.14. The summed E-state index contributed by atoms with van der Waals surface area (Å²) < 4.78 is 66.9. The fourth-order valence-corrected chi connectivity index (χ4v) is 1.28. The van der Waals surface area contributed by atoms with Crippen LogP contribution in [0, 0.1) is 0 Å². The van der Waals surface area contributed by atoms with Gasteiger partial charge in [0, 0.05) is 6.20 Å². The van der Waals surface area contributed by atoms with Crippen molar-refractivity contribution >= 4 is 11.7 Å². The van der Waals surface area contributed by atoms with Gasteiger partial charge in [0.1, 0.15) is 0 Å². The molecule has 1 aromatic heterocycles. The number of carbonyl (C=O) groups excluding carboxylic acids is 1. The molecule has 0 saturated heterocycles. The predicted molar refractivity (Wildman–Crippen MR) is 49.9 cm³/mol. The molecule has 0 saturated carbocycles. The van der Waals surface area contributed by atoms with E-state index in [9.17, 15) is 26.7 Å². The molecule has 0 aliphatic heterocycles. The van der Waals surface area contributed by atoms with Gasteiger partial charge in [0.25, 0.3) is 6.43 Å². The molecule has 0 aliphatic rings. The molecule has 0 radical (unpaired) electrons. The molecule has 1 aromatic rings. The van der Waals surface area contributed by atoms with Crippen LogP contribution in [0.4, 0.5) is 27.6 Å². The number of alkyl halides is 5. The molecule has 1 rings (SSSR count). The average molecular weight is 270 g/mol. The van der Waals surface area contributed by atoms with E-state index in [4.69, 9.17) is 5.73 Å². The van der Waals surface area contributed by atoms with E-state index < -0.39 is 41.1 Å². The first-order valence-corrected chi connectivity index (χ1v) is 4.42. The Morgan fingerprint density at radius 1 is 1.44 bits per heavy atom. The maximum absolute atomic E-state index is 12.6. The van der Waals surface area contributed by atoms with Gasteiger partial charge in [0.2, 0.25) is 0 Å². The fraction of sp³-hybridized carbons (Fsp3) is 0.333. The summed E-state index contributed by atoms with van der Waals surface area (Å²) in [5.74, 6) is -1.24. The molecule has 0 atom stereocenters. The Hall–Kier alpha value is -1.93. The van der Waals surface area contributed by atoms with Crippen molar-refractivity contribution < 1.29 is 31.5 Å². The number of pyridine rings is 1. The number of nitrogens with two attached hydrogens (primary N) is 1. The number of esters is 1. The largest absolute Gasteiger partial charge is 0.464 e. The van der Waals surface area contributed by atoms with Crippen molar-refractivity contribution in [1.82, 2.24) is 4.98 Å². The molecular formula is C9H7F5N2O2. The van der Waals surface area contributed by atoms with E-state index in [1.54, 1.807) is 0 Å². The van der Waals surface area contributed by atoms with Gasteiger partial charge in [-0.1, -0.05) is 0 Å². The van der Waals surface area contributed by atoms with Crippen LogP contribution in [0.1, 0.15) is 28.0 Å². The minimum absolute atomic E-state index is 0.260. The van der Waals surface area contributed by atoms with Gasteiger partial charge in [-0.15, -0.1) is 0 Å². The maximum atomic E-state index is 12.6. The first-order valence-electron chi connectivity index (χ1n) is 4.42. The number of halogens is 5. The fourth-order valence-electron chi connectivity index (χ4n) is 1.28. The monoisotopic (exact) mass is 270 g/mol. The summed E-state index contributed by atoms with van der Waals surface area (Å²) in [6.45, 7) is 0. The zero-order valence-corrected chi connectivity index (χ0v) is 8.89. The van der Waals surface area contributed by atoms with Crippen LogP contribution in [0.25, 0.3) is 0 Å². The molecule has 0 bridgehead atoms. The lowest BCUT2D eigenvalue weighted by atomic mass is 10.1. The number of methoxy groups -OCH3 is 1. The van der Waals surface area contributed by atoms with Crippen LogP contribution in [0.2, 0.25) is 0 Å². The minimum atomic E-state index is -5.12. The van der Waals surface area contributed by atoms with Gasteiger partial charge in [-0.25, -0.2) is 18.6 Å². The summed E-state index contributed by atoms with van der Waals surface area (Å²) in [5.41, 5.74) is -0.111. The van der Waals surface area contributed by atoms with Gasteiger partial charge < -0.3 is 10.5 Å². The van der Waals surface area contributed by atoms with Crippen LogP contribution in [0.3, 0.4) is 0 Å². The van der Waals surface area contributed by atoms with Crippen LogP contribution in [-0.4, -0.2) is 18.1 Å². The zero-order valence-electron chi connectivity index (χ0n) is 8.89. The van der Waals surface area contributed by atoms with Crippen molar-refractivity contribution in [3.8, 4) is 0 Å². The number of hydrogen-bond acceptors (Lipinski definition) is 4. The van der Waals surface area contributed by atoms with Crippen LogP contribution < -0.4 is 5.73 Å². The first kappa shape index (κ1) is 14.1. The Balaban J connectivity index is 3.55. The Morgan fingerprint density at radius 3 is 2.39 bits per heavy atom. The lowest BCUT2D eigenvalue weighted by Crippen LogP contribution is -2.18. The number of nitrogens with zero attached hydrogens (tertiary/aromatic N) is 1. The molecule has 1 heterocycles. The topological polar surface area (TPSA) is 65.2 Å². The molecule has 0 aromatic carbocycles. The highest BCUT2D eigenvalue weighted by Crippen LogP contribution is 2.40. The summed E-state index contributed by atoms with van der Waals surface area (Å²) in [4.78, 5) is 14.2. The summed E-state index contributed by atoms with van der Waals surface area (Å²) in [6.07, 6.45) is -8.28. The third kappa shape index (κ3) is 2.49. The molecule has 18 heavy (non-hydrogen) atoms. The number of aromatic nitrogens is 1. The quantitative estimate of drug-likeness (QED) is 0.662. The van der Waals surface area contributed by atoms with Gasteiger partial charge in [0.05, 0.1) is 23.9 Å². The Labute approximate surface area is 97.6 Å². The van der Waals surface area contributed by atoms with Crippen molar-refractivity contribution in [2.24, 2.45) is 0 Å². The molecular weight excluding hydrogens is 263 g/mol. The van der Waals surface area contributed by atoms with Crippen molar-refractivity contribution in [1.29, 1.82) is 0 Å². The van der Waals surface area contributed by atoms with E-state index in [-0.39, 0.29) is 6.20 Å². The second kappa shape index (κ2) is 4.75. The molecule has 0 amide bonds. The first-order chi connectivity index (χ1) is 8.20. The van der Waals surface area contributed by atoms with Gasteiger partial charge in [-0.05, 0) is 0 Å². The molecule has 0 fully saturated rings. The van der Waals surface area contributed by atoms with Crippen molar-refractivity contribution in [3.05, 3.63) is 23.0 Å². The Bertz CT molecular complexity index is 473. The SMILES string of the molecule is COC(=O)c1ncc(C(F)F)c(C(F)(F)F)c1N. The van der Waals surface area contributed by atoms with Crippen LogP contribution in [0.5, 0.6) is 0 Å². The van der Waals surface area contributed by atoms with Gasteiger partial charge in [-0.2, -0.15) is 13.2 Å². The summed E-state index contributed by atoms with van der Waals surface area (Å²) >= 11 is 0. The third-order valence-electron chi connectivity index (χ3n) is 2.04. The lowest BCUT2D eigenvalue weighted by Gasteiger charge is -2.16. The highest BCUT2D eigenvalue weighted by molar-refractivity contribution is 5.93. The van der Waals surface area contributed by atoms with Crippen LogP contribution in [0.15, 0.2) is 6.20 Å². The van der Waals surface area contributed by atoms with E-state index in [1.807, 2.05) is 0 Å². The molecule has 100 valence electrons. The normalized spacial score (nSPS) is 11.7. The number of rotatable bonds is 2. The summed E-state index contributed by atoms with van der Waals surface area (Å²) in [6, 6.07) is 0. The Morgan fingerprint density at radius 2 is 2.00 bits per heavy atom. The second-order valence-corrected chi connectivity index (χ2v) is 3.14. The number of nitrogen functional groups attached to an aromatic ring is 1.